The van der Waals surface area contributed by atoms with Crippen molar-refractivity contribution in [3.8, 4) is 11.5 Å². The molecule has 0 saturated carbocycles. The van der Waals surface area contributed by atoms with Gasteiger partial charge in [0, 0.05) is 12.7 Å². The number of benzene rings is 2. The zero-order chi connectivity index (χ0) is 22.4. The van der Waals surface area contributed by atoms with Crippen LogP contribution in [0.3, 0.4) is 0 Å². The molecule has 0 fully saturated rings. The fourth-order valence-corrected chi connectivity index (χ4v) is 3.39. The summed E-state index contributed by atoms with van der Waals surface area (Å²) in [6, 6.07) is 14.3. The molecule has 2 aromatic carbocycles. The summed E-state index contributed by atoms with van der Waals surface area (Å²) in [5.41, 5.74) is 2.69. The van der Waals surface area contributed by atoms with Gasteiger partial charge in [0.2, 0.25) is 0 Å². The second kappa shape index (κ2) is 10.0. The molecule has 1 atom stereocenters. The summed E-state index contributed by atoms with van der Waals surface area (Å²) in [6.07, 6.45) is 0. The van der Waals surface area contributed by atoms with E-state index in [0.29, 0.717) is 41.5 Å². The molecule has 0 aliphatic carbocycles. The molecule has 0 unspecified atom stereocenters. The molecule has 2 aromatic rings. The Labute approximate surface area is 182 Å². The maximum Gasteiger partial charge on any atom is 0.338 e. The fraction of sp³-hybridized carbons (Fsp3) is 0.333. The van der Waals surface area contributed by atoms with E-state index in [1.165, 1.54) is 4.90 Å². The van der Waals surface area contributed by atoms with Crippen LogP contribution in [0.25, 0.3) is 0 Å². The molecule has 3 rings (SSSR count). The number of ether oxygens (including phenoxy) is 3. The molecule has 1 aliphatic heterocycles. The second-order valence-electron chi connectivity index (χ2n) is 7.07. The van der Waals surface area contributed by atoms with Gasteiger partial charge < -0.3 is 24.4 Å². The fourth-order valence-electron chi connectivity index (χ4n) is 3.39. The van der Waals surface area contributed by atoms with E-state index >= 15 is 0 Å². The van der Waals surface area contributed by atoms with E-state index in [4.69, 9.17) is 14.2 Å². The second-order valence-corrected chi connectivity index (χ2v) is 7.07. The number of rotatable bonds is 8. The summed E-state index contributed by atoms with van der Waals surface area (Å²) < 4.78 is 17.0. The maximum absolute atomic E-state index is 12.7. The number of nitrogens with one attached hydrogen (secondary N) is 1. The topological polar surface area (TPSA) is 77.1 Å². The zero-order valence-corrected chi connectivity index (χ0v) is 18.3. The molecule has 164 valence electrons. The Bertz CT molecular complexity index is 971. The van der Waals surface area contributed by atoms with Crippen LogP contribution in [0.5, 0.6) is 11.5 Å². The van der Waals surface area contributed by atoms with Gasteiger partial charge in [-0.25, -0.2) is 9.59 Å². The van der Waals surface area contributed by atoms with E-state index in [2.05, 4.69) is 5.32 Å². The Morgan fingerprint density at radius 2 is 1.77 bits per heavy atom. The Kier molecular flexibility index (Phi) is 7.18. The van der Waals surface area contributed by atoms with E-state index in [9.17, 15) is 9.59 Å². The van der Waals surface area contributed by atoms with E-state index < -0.39 is 12.0 Å². The lowest BCUT2D eigenvalue weighted by molar-refractivity contribution is -0.139. The van der Waals surface area contributed by atoms with Crippen LogP contribution in [-0.4, -0.2) is 37.2 Å². The molecule has 0 radical (unpaired) electrons. The van der Waals surface area contributed by atoms with Gasteiger partial charge in [0.05, 0.1) is 24.8 Å². The number of carbonyl (C=O) groups excluding carboxylic acids is 2. The molecule has 31 heavy (non-hydrogen) atoms. The Balaban J connectivity index is 1.94. The molecule has 7 nitrogen and oxygen atoms in total. The van der Waals surface area contributed by atoms with Crippen LogP contribution in [-0.2, 0) is 16.1 Å². The van der Waals surface area contributed by atoms with Crippen LogP contribution in [0.1, 0.15) is 37.9 Å². The van der Waals surface area contributed by atoms with Crippen molar-refractivity contribution in [2.75, 3.05) is 20.3 Å². The number of amides is 2. The van der Waals surface area contributed by atoms with Gasteiger partial charge in [-0.15, -0.1) is 0 Å². The van der Waals surface area contributed by atoms with Crippen LogP contribution >= 0.6 is 0 Å². The van der Waals surface area contributed by atoms with Gasteiger partial charge in [-0.3, -0.25) is 0 Å². The standard InChI is InChI=1S/C24H28N2O5/c1-5-29-20-14-18(12-13-19(20)31-15-17-10-8-7-9-11-17)22-21(23(27)30-6-2)16(3)26(4)24(28)25-22/h7-14,22H,5-6,15H2,1-4H3,(H,25,28)/t22-/m1/s1. The third kappa shape index (κ3) is 4.99. The highest BCUT2D eigenvalue weighted by Crippen LogP contribution is 2.36. The highest BCUT2D eigenvalue weighted by atomic mass is 16.5. The number of hydrogen-bond donors (Lipinski definition) is 1. The zero-order valence-electron chi connectivity index (χ0n) is 18.3. The smallest absolute Gasteiger partial charge is 0.338 e. The molecular weight excluding hydrogens is 396 g/mol. The average molecular weight is 424 g/mol. The van der Waals surface area contributed by atoms with Crippen LogP contribution < -0.4 is 14.8 Å². The van der Waals surface area contributed by atoms with Crippen molar-refractivity contribution in [2.45, 2.75) is 33.4 Å². The Hall–Kier alpha value is -3.48. The van der Waals surface area contributed by atoms with Crippen molar-refractivity contribution >= 4 is 12.0 Å². The van der Waals surface area contributed by atoms with Gasteiger partial charge in [-0.1, -0.05) is 36.4 Å². The molecule has 1 aliphatic rings. The number of carbonyl (C=O) groups is 2. The molecule has 0 saturated heterocycles. The highest BCUT2D eigenvalue weighted by Gasteiger charge is 2.35. The number of hydrogen-bond acceptors (Lipinski definition) is 5. The SMILES string of the molecule is CCOC(=O)C1=C(C)N(C)C(=O)N[C@@H]1c1ccc(OCc2ccccc2)c(OCC)c1. The van der Waals surface area contributed by atoms with E-state index in [1.54, 1.807) is 33.0 Å². The lowest BCUT2D eigenvalue weighted by Gasteiger charge is -2.33. The predicted octanol–water partition coefficient (Wildman–Crippen LogP) is 4.20. The minimum atomic E-state index is -0.648. The van der Waals surface area contributed by atoms with Crippen LogP contribution in [0.2, 0.25) is 0 Å². The van der Waals surface area contributed by atoms with Gasteiger partial charge in [-0.05, 0) is 44.0 Å². The molecule has 0 aromatic heterocycles. The van der Waals surface area contributed by atoms with Crippen molar-refractivity contribution in [3.05, 3.63) is 70.9 Å². The van der Waals surface area contributed by atoms with Gasteiger partial charge >= 0.3 is 12.0 Å². The minimum Gasteiger partial charge on any atom is -0.490 e. The molecule has 7 heteroatoms. The van der Waals surface area contributed by atoms with Crippen LogP contribution in [0.4, 0.5) is 4.79 Å². The largest absolute Gasteiger partial charge is 0.490 e. The van der Waals surface area contributed by atoms with E-state index in [1.807, 2.05) is 43.3 Å². The van der Waals surface area contributed by atoms with Gasteiger partial charge in [0.1, 0.15) is 6.61 Å². The highest BCUT2D eigenvalue weighted by molar-refractivity contribution is 5.95. The van der Waals surface area contributed by atoms with Gasteiger partial charge in [0.15, 0.2) is 11.5 Å². The number of nitrogens with zero attached hydrogens (tertiary/aromatic N) is 1. The normalized spacial score (nSPS) is 16.1. The first-order chi connectivity index (χ1) is 15.0. The number of allylic oxidation sites excluding steroid dienone is 1. The van der Waals surface area contributed by atoms with Crippen molar-refractivity contribution in [1.82, 2.24) is 10.2 Å². The molecule has 0 spiro atoms. The Morgan fingerprint density at radius 3 is 2.45 bits per heavy atom. The summed E-state index contributed by atoms with van der Waals surface area (Å²) in [5, 5.41) is 2.88. The number of urea groups is 1. The molecular formula is C24H28N2O5. The lowest BCUT2D eigenvalue weighted by atomic mass is 9.94. The monoisotopic (exact) mass is 424 g/mol. The van der Waals surface area contributed by atoms with E-state index in [0.717, 1.165) is 5.56 Å². The van der Waals surface area contributed by atoms with Crippen molar-refractivity contribution in [2.24, 2.45) is 0 Å². The quantitative estimate of drug-likeness (QED) is 0.643. The molecule has 0 bridgehead atoms. The minimum absolute atomic E-state index is 0.246. The summed E-state index contributed by atoms with van der Waals surface area (Å²) in [4.78, 5) is 26.5. The van der Waals surface area contributed by atoms with Crippen molar-refractivity contribution in [3.63, 3.8) is 0 Å². The third-order valence-corrected chi connectivity index (χ3v) is 5.09. The summed E-state index contributed by atoms with van der Waals surface area (Å²) in [7, 11) is 1.62. The van der Waals surface area contributed by atoms with Crippen molar-refractivity contribution < 1.29 is 23.8 Å². The molecule has 1 heterocycles. The molecule has 2 amide bonds. The third-order valence-electron chi connectivity index (χ3n) is 5.09. The predicted molar refractivity (Wildman–Crippen MR) is 117 cm³/mol. The van der Waals surface area contributed by atoms with Crippen molar-refractivity contribution in [1.29, 1.82) is 0 Å². The Morgan fingerprint density at radius 1 is 1.03 bits per heavy atom. The average Bonchev–Trinajstić information content (AvgIpc) is 2.77. The summed E-state index contributed by atoms with van der Waals surface area (Å²) in [6.45, 7) is 6.47. The van der Waals surface area contributed by atoms with Crippen LogP contribution in [0.15, 0.2) is 59.8 Å². The molecule has 1 N–H and O–H groups in total. The van der Waals surface area contributed by atoms with E-state index in [-0.39, 0.29) is 12.6 Å². The number of esters is 1. The first kappa shape index (κ1) is 22.2. The first-order valence-electron chi connectivity index (χ1n) is 10.3. The lowest BCUT2D eigenvalue weighted by Crippen LogP contribution is -2.46. The van der Waals surface area contributed by atoms with Gasteiger partial charge in [0.25, 0.3) is 0 Å². The summed E-state index contributed by atoms with van der Waals surface area (Å²) >= 11 is 0. The van der Waals surface area contributed by atoms with Gasteiger partial charge in [-0.2, -0.15) is 0 Å². The summed E-state index contributed by atoms with van der Waals surface area (Å²) in [5.74, 6) is 0.677. The maximum atomic E-state index is 12.7. The first-order valence-corrected chi connectivity index (χ1v) is 10.3. The van der Waals surface area contributed by atoms with Crippen LogP contribution in [0, 0.1) is 0 Å².